The molecule has 0 unspecified atom stereocenters. The van der Waals surface area contributed by atoms with Crippen molar-refractivity contribution in [1.29, 1.82) is 0 Å². The number of hydrogen-bond donors (Lipinski definition) is 0. The third kappa shape index (κ3) is 3.51. The number of nitrogens with zero attached hydrogens (tertiary/aromatic N) is 4. The normalized spacial score (nSPS) is 26.8. The number of ether oxygens (including phenoxy) is 1. The Morgan fingerprint density at radius 1 is 1.26 bits per heavy atom. The van der Waals surface area contributed by atoms with Crippen LogP contribution in [0.2, 0.25) is 0 Å². The van der Waals surface area contributed by atoms with Crippen molar-refractivity contribution >= 4 is 16.0 Å². The number of rotatable bonds is 4. The van der Waals surface area contributed by atoms with Crippen LogP contribution in [-0.2, 0) is 14.8 Å². The molecular weight excluding hydrogens is 320 g/mol. The van der Waals surface area contributed by atoms with Crippen molar-refractivity contribution in [3.05, 3.63) is 5.89 Å². The standard InChI is InChI=1S/C14H24N4O4S/c1-3-9-23(19,20)18-7-8-21-14(11-18)5-4-6-17(10-14)13-16-15-12(2)22-13/h3-11H2,1-2H3/t14-/m1/s1. The van der Waals surface area contributed by atoms with Gasteiger partial charge in [0, 0.05) is 26.6 Å². The lowest BCUT2D eigenvalue weighted by Crippen LogP contribution is -2.61. The van der Waals surface area contributed by atoms with Gasteiger partial charge in [-0.3, -0.25) is 0 Å². The predicted octanol–water partition coefficient (Wildman–Crippen LogP) is 0.789. The fourth-order valence-electron chi connectivity index (χ4n) is 3.36. The zero-order valence-electron chi connectivity index (χ0n) is 13.7. The van der Waals surface area contributed by atoms with Gasteiger partial charge in [0.05, 0.1) is 24.5 Å². The molecule has 3 heterocycles. The predicted molar refractivity (Wildman–Crippen MR) is 84.8 cm³/mol. The Bertz CT molecular complexity index is 643. The van der Waals surface area contributed by atoms with Crippen molar-refractivity contribution in [2.75, 3.05) is 43.4 Å². The Balaban J connectivity index is 1.75. The Labute approximate surface area is 136 Å². The van der Waals surface area contributed by atoms with Crippen molar-refractivity contribution in [1.82, 2.24) is 14.5 Å². The van der Waals surface area contributed by atoms with Crippen LogP contribution in [0, 0.1) is 6.92 Å². The van der Waals surface area contributed by atoms with E-state index in [4.69, 9.17) is 9.15 Å². The van der Waals surface area contributed by atoms with Gasteiger partial charge in [0.15, 0.2) is 0 Å². The van der Waals surface area contributed by atoms with Crippen LogP contribution in [0.3, 0.4) is 0 Å². The molecule has 2 fully saturated rings. The number of sulfonamides is 1. The average Bonchev–Trinajstić information content (AvgIpc) is 2.94. The van der Waals surface area contributed by atoms with Gasteiger partial charge in [-0.2, -0.15) is 4.31 Å². The van der Waals surface area contributed by atoms with Gasteiger partial charge in [0.1, 0.15) is 0 Å². The first-order chi connectivity index (χ1) is 10.9. The quantitative estimate of drug-likeness (QED) is 0.798. The second-order valence-electron chi connectivity index (χ2n) is 6.31. The van der Waals surface area contributed by atoms with Crippen LogP contribution in [0.5, 0.6) is 0 Å². The molecule has 0 N–H and O–H groups in total. The number of hydrogen-bond acceptors (Lipinski definition) is 7. The highest BCUT2D eigenvalue weighted by Gasteiger charge is 2.44. The average molecular weight is 344 g/mol. The van der Waals surface area contributed by atoms with E-state index in [2.05, 4.69) is 10.2 Å². The monoisotopic (exact) mass is 344 g/mol. The van der Waals surface area contributed by atoms with Gasteiger partial charge in [0.25, 0.3) is 0 Å². The van der Waals surface area contributed by atoms with Gasteiger partial charge in [-0.25, -0.2) is 8.42 Å². The lowest BCUT2D eigenvalue weighted by molar-refractivity contribution is -0.0955. The summed E-state index contributed by atoms with van der Waals surface area (Å²) in [5, 5.41) is 7.93. The summed E-state index contributed by atoms with van der Waals surface area (Å²) in [6.07, 6.45) is 2.37. The Morgan fingerprint density at radius 2 is 2.09 bits per heavy atom. The second-order valence-corrected chi connectivity index (χ2v) is 8.40. The largest absolute Gasteiger partial charge is 0.408 e. The Hall–Kier alpha value is -1.19. The summed E-state index contributed by atoms with van der Waals surface area (Å²) in [5.41, 5.74) is -0.486. The minimum Gasteiger partial charge on any atom is -0.408 e. The maximum atomic E-state index is 12.4. The second kappa shape index (κ2) is 6.37. The van der Waals surface area contributed by atoms with E-state index >= 15 is 0 Å². The van der Waals surface area contributed by atoms with E-state index in [0.717, 1.165) is 19.4 Å². The lowest BCUT2D eigenvalue weighted by Gasteiger charge is -2.47. The third-order valence-electron chi connectivity index (χ3n) is 4.39. The molecule has 0 radical (unpaired) electrons. The van der Waals surface area contributed by atoms with Gasteiger partial charge in [0.2, 0.25) is 15.9 Å². The van der Waals surface area contributed by atoms with Crippen LogP contribution < -0.4 is 4.90 Å². The molecule has 0 aliphatic carbocycles. The van der Waals surface area contributed by atoms with Crippen molar-refractivity contribution in [2.24, 2.45) is 0 Å². The van der Waals surface area contributed by atoms with Crippen LogP contribution in [0.15, 0.2) is 4.42 Å². The number of piperidine rings is 1. The van der Waals surface area contributed by atoms with Crippen molar-refractivity contribution in [3.8, 4) is 0 Å². The van der Waals surface area contributed by atoms with Crippen LogP contribution in [-0.4, -0.2) is 67.1 Å². The van der Waals surface area contributed by atoms with Gasteiger partial charge < -0.3 is 14.1 Å². The molecule has 9 heteroatoms. The summed E-state index contributed by atoms with van der Waals surface area (Å²) in [6.45, 7) is 6.30. The first kappa shape index (κ1) is 16.7. The smallest absolute Gasteiger partial charge is 0.318 e. The molecule has 8 nitrogen and oxygen atoms in total. The van der Waals surface area contributed by atoms with Crippen LogP contribution in [0.4, 0.5) is 6.01 Å². The van der Waals surface area contributed by atoms with Crippen LogP contribution in [0.25, 0.3) is 0 Å². The number of morpholine rings is 1. The van der Waals surface area contributed by atoms with Crippen molar-refractivity contribution < 1.29 is 17.6 Å². The molecule has 1 aromatic heterocycles. The summed E-state index contributed by atoms with van der Waals surface area (Å²) in [5.74, 6) is 0.715. The molecule has 2 aliphatic heterocycles. The molecule has 1 spiro atoms. The molecule has 130 valence electrons. The summed E-state index contributed by atoms with van der Waals surface area (Å²) in [4.78, 5) is 2.00. The van der Waals surface area contributed by atoms with Crippen molar-refractivity contribution in [3.63, 3.8) is 0 Å². The number of aryl methyl sites for hydroxylation is 1. The maximum Gasteiger partial charge on any atom is 0.318 e. The van der Waals surface area contributed by atoms with Gasteiger partial charge in [-0.05, 0) is 19.3 Å². The van der Waals surface area contributed by atoms with Gasteiger partial charge in [-0.1, -0.05) is 12.0 Å². The van der Waals surface area contributed by atoms with E-state index in [1.807, 2.05) is 11.8 Å². The van der Waals surface area contributed by atoms with E-state index < -0.39 is 15.6 Å². The van der Waals surface area contributed by atoms with Gasteiger partial charge >= 0.3 is 6.01 Å². The van der Waals surface area contributed by atoms with Gasteiger partial charge in [-0.15, -0.1) is 5.10 Å². The van der Waals surface area contributed by atoms with E-state index in [1.54, 1.807) is 11.2 Å². The molecule has 0 aromatic carbocycles. The first-order valence-electron chi connectivity index (χ1n) is 8.11. The molecule has 0 amide bonds. The highest BCUT2D eigenvalue weighted by atomic mass is 32.2. The fraction of sp³-hybridized carbons (Fsp3) is 0.857. The molecule has 23 heavy (non-hydrogen) atoms. The topological polar surface area (TPSA) is 88.8 Å². The fourth-order valence-corrected chi connectivity index (χ4v) is 4.92. The molecule has 3 rings (SSSR count). The molecule has 2 saturated heterocycles. The highest BCUT2D eigenvalue weighted by molar-refractivity contribution is 7.89. The first-order valence-corrected chi connectivity index (χ1v) is 9.72. The molecule has 1 atom stereocenters. The lowest BCUT2D eigenvalue weighted by atomic mass is 9.91. The van der Waals surface area contributed by atoms with E-state index in [0.29, 0.717) is 44.6 Å². The summed E-state index contributed by atoms with van der Waals surface area (Å²) < 4.78 is 37.9. The maximum absolute atomic E-state index is 12.4. The Morgan fingerprint density at radius 3 is 2.78 bits per heavy atom. The van der Waals surface area contributed by atoms with Crippen molar-refractivity contribution in [2.45, 2.75) is 38.7 Å². The highest BCUT2D eigenvalue weighted by Crippen LogP contribution is 2.32. The van der Waals surface area contributed by atoms with E-state index in [1.165, 1.54) is 0 Å². The Kier molecular flexibility index (Phi) is 4.61. The summed E-state index contributed by atoms with van der Waals surface area (Å²) in [6, 6.07) is 0.485. The summed E-state index contributed by atoms with van der Waals surface area (Å²) >= 11 is 0. The zero-order chi connectivity index (χ0) is 16.5. The molecule has 0 bridgehead atoms. The number of anilines is 1. The third-order valence-corrected chi connectivity index (χ3v) is 6.42. The van der Waals surface area contributed by atoms with Crippen LogP contribution in [0.1, 0.15) is 32.1 Å². The molecular formula is C14H24N4O4S. The minimum atomic E-state index is -3.20. The summed E-state index contributed by atoms with van der Waals surface area (Å²) in [7, 11) is -3.20. The molecule has 1 aromatic rings. The zero-order valence-corrected chi connectivity index (χ0v) is 14.5. The number of aromatic nitrogens is 2. The SMILES string of the molecule is CCCS(=O)(=O)N1CCO[C@@]2(CCCN(c3nnc(C)o3)C2)C1. The molecule has 0 saturated carbocycles. The molecule has 2 aliphatic rings. The van der Waals surface area contributed by atoms with E-state index in [9.17, 15) is 8.42 Å². The minimum absolute atomic E-state index is 0.190. The van der Waals surface area contributed by atoms with E-state index in [-0.39, 0.29) is 5.75 Å². The van der Waals surface area contributed by atoms with Crippen LogP contribution >= 0.6 is 0 Å².